The van der Waals surface area contributed by atoms with Gasteiger partial charge in [-0.25, -0.2) is 0 Å². The molecule has 1 aromatic carbocycles. The molecule has 0 fully saturated rings. The third kappa shape index (κ3) is 3.48. The molecule has 0 aliphatic carbocycles. The summed E-state index contributed by atoms with van der Waals surface area (Å²) in [4.78, 5) is 0. The first-order valence-electron chi connectivity index (χ1n) is 3.92. The molecule has 0 aliphatic heterocycles. The summed E-state index contributed by atoms with van der Waals surface area (Å²) in [5.74, 6) is 0. The molecule has 0 spiro atoms. The van der Waals surface area contributed by atoms with E-state index in [1.807, 2.05) is 30.3 Å². The molecular weight excluding hydrogens is 152 g/mol. The van der Waals surface area contributed by atoms with E-state index in [4.69, 9.17) is 16.2 Å². The van der Waals surface area contributed by atoms with Gasteiger partial charge in [0.1, 0.15) is 0 Å². The molecule has 0 aliphatic rings. The standard InChI is InChI=1S/C9H14N2O/c10-9(11)7-12-6-8-4-2-1-3-5-8/h1-5,9H,6-7,10-11H2. The van der Waals surface area contributed by atoms with Crippen LogP contribution in [-0.4, -0.2) is 12.8 Å². The highest BCUT2D eigenvalue weighted by atomic mass is 16.5. The Hall–Kier alpha value is -0.900. The molecule has 0 bridgehead atoms. The van der Waals surface area contributed by atoms with Gasteiger partial charge in [0.2, 0.25) is 0 Å². The topological polar surface area (TPSA) is 61.3 Å². The summed E-state index contributed by atoms with van der Waals surface area (Å²) < 4.78 is 5.23. The largest absolute Gasteiger partial charge is 0.374 e. The number of hydrogen-bond donors (Lipinski definition) is 2. The van der Waals surface area contributed by atoms with E-state index < -0.39 is 0 Å². The normalized spacial score (nSPS) is 10.6. The van der Waals surface area contributed by atoms with Crippen molar-refractivity contribution in [3.8, 4) is 0 Å². The molecule has 66 valence electrons. The lowest BCUT2D eigenvalue weighted by atomic mass is 10.2. The van der Waals surface area contributed by atoms with E-state index >= 15 is 0 Å². The van der Waals surface area contributed by atoms with Gasteiger partial charge in [0.05, 0.1) is 19.4 Å². The van der Waals surface area contributed by atoms with Crippen molar-refractivity contribution >= 4 is 0 Å². The van der Waals surface area contributed by atoms with Gasteiger partial charge in [-0.2, -0.15) is 0 Å². The van der Waals surface area contributed by atoms with Crippen LogP contribution in [0.25, 0.3) is 0 Å². The lowest BCUT2D eigenvalue weighted by Gasteiger charge is -2.06. The predicted octanol–water partition coefficient (Wildman–Crippen LogP) is 0.447. The van der Waals surface area contributed by atoms with Gasteiger partial charge < -0.3 is 16.2 Å². The quantitative estimate of drug-likeness (QED) is 0.638. The molecule has 3 heteroatoms. The Balaban J connectivity index is 2.25. The van der Waals surface area contributed by atoms with Crippen molar-refractivity contribution in [2.45, 2.75) is 12.8 Å². The van der Waals surface area contributed by atoms with E-state index in [2.05, 4.69) is 0 Å². The zero-order valence-electron chi connectivity index (χ0n) is 6.94. The molecule has 0 aromatic heterocycles. The van der Waals surface area contributed by atoms with Crippen LogP contribution in [0.5, 0.6) is 0 Å². The van der Waals surface area contributed by atoms with Crippen LogP contribution in [-0.2, 0) is 11.3 Å². The van der Waals surface area contributed by atoms with Gasteiger partial charge in [0, 0.05) is 0 Å². The van der Waals surface area contributed by atoms with Crippen LogP contribution in [0.3, 0.4) is 0 Å². The number of benzene rings is 1. The third-order valence-corrected chi connectivity index (χ3v) is 1.42. The Bertz CT molecular complexity index is 211. The van der Waals surface area contributed by atoms with Gasteiger partial charge in [-0.3, -0.25) is 0 Å². The minimum absolute atomic E-state index is 0.381. The summed E-state index contributed by atoms with van der Waals surface area (Å²) in [5, 5.41) is 0. The first-order valence-corrected chi connectivity index (χ1v) is 3.92. The zero-order valence-corrected chi connectivity index (χ0v) is 6.94. The van der Waals surface area contributed by atoms with Gasteiger partial charge in [-0.1, -0.05) is 30.3 Å². The highest BCUT2D eigenvalue weighted by Crippen LogP contribution is 1.99. The van der Waals surface area contributed by atoms with Crippen LogP contribution in [0.1, 0.15) is 5.56 Å². The lowest BCUT2D eigenvalue weighted by molar-refractivity contribution is 0.109. The third-order valence-electron chi connectivity index (χ3n) is 1.42. The highest BCUT2D eigenvalue weighted by molar-refractivity contribution is 5.13. The fraction of sp³-hybridized carbons (Fsp3) is 0.333. The van der Waals surface area contributed by atoms with E-state index in [0.717, 1.165) is 5.56 Å². The van der Waals surface area contributed by atoms with Crippen LogP contribution >= 0.6 is 0 Å². The van der Waals surface area contributed by atoms with E-state index in [-0.39, 0.29) is 6.17 Å². The minimum atomic E-state index is -0.381. The van der Waals surface area contributed by atoms with Crippen molar-refractivity contribution in [2.75, 3.05) is 6.61 Å². The molecule has 0 unspecified atom stereocenters. The first kappa shape index (κ1) is 9.19. The summed E-state index contributed by atoms with van der Waals surface area (Å²) >= 11 is 0. The average Bonchev–Trinajstić information content (AvgIpc) is 2.05. The number of rotatable bonds is 4. The Labute approximate surface area is 72.3 Å². The Morgan fingerprint density at radius 1 is 1.17 bits per heavy atom. The molecule has 0 atom stereocenters. The Kier molecular flexibility index (Phi) is 3.73. The second-order valence-electron chi connectivity index (χ2n) is 2.66. The molecule has 0 heterocycles. The maximum Gasteiger partial charge on any atom is 0.0762 e. The van der Waals surface area contributed by atoms with Crippen molar-refractivity contribution in [1.82, 2.24) is 0 Å². The van der Waals surface area contributed by atoms with Crippen LogP contribution < -0.4 is 11.5 Å². The monoisotopic (exact) mass is 166 g/mol. The zero-order chi connectivity index (χ0) is 8.81. The fourth-order valence-electron chi connectivity index (χ4n) is 0.887. The fourth-order valence-corrected chi connectivity index (χ4v) is 0.887. The van der Waals surface area contributed by atoms with E-state index in [1.54, 1.807) is 0 Å². The van der Waals surface area contributed by atoms with E-state index in [1.165, 1.54) is 0 Å². The number of nitrogens with two attached hydrogens (primary N) is 2. The summed E-state index contributed by atoms with van der Waals surface area (Å²) in [6.45, 7) is 0.973. The smallest absolute Gasteiger partial charge is 0.0762 e. The molecule has 1 rings (SSSR count). The molecule has 1 aromatic rings. The van der Waals surface area contributed by atoms with Crippen molar-refractivity contribution in [1.29, 1.82) is 0 Å². The Morgan fingerprint density at radius 3 is 2.42 bits per heavy atom. The Morgan fingerprint density at radius 2 is 1.83 bits per heavy atom. The lowest BCUT2D eigenvalue weighted by Crippen LogP contribution is -2.35. The van der Waals surface area contributed by atoms with Gasteiger partial charge in [-0.05, 0) is 5.56 Å². The van der Waals surface area contributed by atoms with E-state index in [9.17, 15) is 0 Å². The van der Waals surface area contributed by atoms with E-state index in [0.29, 0.717) is 13.2 Å². The molecular formula is C9H14N2O. The van der Waals surface area contributed by atoms with Crippen molar-refractivity contribution < 1.29 is 4.74 Å². The predicted molar refractivity (Wildman–Crippen MR) is 48.3 cm³/mol. The van der Waals surface area contributed by atoms with Gasteiger partial charge in [0.25, 0.3) is 0 Å². The summed E-state index contributed by atoms with van der Waals surface area (Å²) in [6.07, 6.45) is -0.381. The minimum Gasteiger partial charge on any atom is -0.374 e. The molecule has 4 N–H and O–H groups in total. The molecule has 3 nitrogen and oxygen atoms in total. The summed E-state index contributed by atoms with van der Waals surface area (Å²) in [6, 6.07) is 9.92. The van der Waals surface area contributed by atoms with Crippen LogP contribution in [0.2, 0.25) is 0 Å². The highest BCUT2D eigenvalue weighted by Gasteiger charge is 1.94. The van der Waals surface area contributed by atoms with Crippen LogP contribution in [0, 0.1) is 0 Å². The van der Waals surface area contributed by atoms with Gasteiger partial charge >= 0.3 is 0 Å². The van der Waals surface area contributed by atoms with Gasteiger partial charge in [-0.15, -0.1) is 0 Å². The van der Waals surface area contributed by atoms with Crippen LogP contribution in [0.15, 0.2) is 30.3 Å². The molecule has 0 saturated carbocycles. The maximum atomic E-state index is 5.31. The first-order chi connectivity index (χ1) is 5.79. The molecule has 0 amide bonds. The summed E-state index contributed by atoms with van der Waals surface area (Å²) in [7, 11) is 0. The number of hydrogen-bond acceptors (Lipinski definition) is 3. The second-order valence-corrected chi connectivity index (χ2v) is 2.66. The maximum absolute atomic E-state index is 5.31. The summed E-state index contributed by atoms with van der Waals surface area (Å²) in [5.41, 5.74) is 11.8. The number of ether oxygens (including phenoxy) is 1. The van der Waals surface area contributed by atoms with Gasteiger partial charge in [0.15, 0.2) is 0 Å². The second kappa shape index (κ2) is 4.87. The van der Waals surface area contributed by atoms with Crippen molar-refractivity contribution in [2.24, 2.45) is 11.5 Å². The van der Waals surface area contributed by atoms with Crippen molar-refractivity contribution in [3.63, 3.8) is 0 Å². The van der Waals surface area contributed by atoms with Crippen LogP contribution in [0.4, 0.5) is 0 Å². The average molecular weight is 166 g/mol. The molecule has 12 heavy (non-hydrogen) atoms. The molecule has 0 saturated heterocycles. The SMILES string of the molecule is NC(N)COCc1ccccc1. The molecule has 0 radical (unpaired) electrons. The van der Waals surface area contributed by atoms with Crippen molar-refractivity contribution in [3.05, 3.63) is 35.9 Å².